The quantitative estimate of drug-likeness (QED) is 0.165. The largest absolute Gasteiger partial charge is 0.0616 e. The Bertz CT molecular complexity index is 1650. The molecule has 6 aromatic carbocycles. The molecule has 0 aromatic heterocycles. The van der Waals surface area contributed by atoms with Crippen LogP contribution in [-0.2, 0) is 12.8 Å². The molecule has 0 aliphatic rings. The van der Waals surface area contributed by atoms with Gasteiger partial charge in [0, 0.05) is 0 Å². The Balaban J connectivity index is 0.000000155. The number of benzene rings is 6. The second-order valence-electron chi connectivity index (χ2n) is 13.1. The summed E-state index contributed by atoms with van der Waals surface area (Å²) in [5.41, 5.74) is 3.56. The summed E-state index contributed by atoms with van der Waals surface area (Å²) in [4.78, 5) is 0. The van der Waals surface area contributed by atoms with Crippen LogP contribution >= 0.6 is 0 Å². The normalized spacial score (nSPS) is 12.2. The number of rotatable bonds is 2. The summed E-state index contributed by atoms with van der Waals surface area (Å²) in [7, 11) is 0. The van der Waals surface area contributed by atoms with Crippen LogP contribution < -0.4 is 0 Å². The van der Waals surface area contributed by atoms with Crippen molar-refractivity contribution < 1.29 is 0 Å². The van der Waals surface area contributed by atoms with Crippen molar-refractivity contribution in [3.8, 4) is 0 Å². The molecule has 0 bridgehead atoms. The number of hydrogen-bond donors (Lipinski definition) is 0. The molecule has 192 valence electrons. The van der Waals surface area contributed by atoms with Crippen LogP contribution in [0.25, 0.3) is 43.1 Å². The third-order valence-electron chi connectivity index (χ3n) is 7.16. The van der Waals surface area contributed by atoms with Crippen molar-refractivity contribution in [1.82, 2.24) is 0 Å². The van der Waals surface area contributed by atoms with Gasteiger partial charge in [0.05, 0.1) is 0 Å². The molecule has 6 rings (SSSR count). The van der Waals surface area contributed by atoms with Gasteiger partial charge in [-0.25, -0.2) is 0 Å². The van der Waals surface area contributed by atoms with Crippen LogP contribution in [0.15, 0.2) is 109 Å². The van der Waals surface area contributed by atoms with Crippen LogP contribution in [-0.4, -0.2) is 0 Å². The third-order valence-corrected chi connectivity index (χ3v) is 7.16. The van der Waals surface area contributed by atoms with Crippen molar-refractivity contribution in [3.63, 3.8) is 0 Å². The molecule has 0 aliphatic carbocycles. The van der Waals surface area contributed by atoms with Crippen LogP contribution in [0.1, 0.15) is 52.7 Å². The van der Waals surface area contributed by atoms with E-state index in [1.807, 2.05) is 0 Å². The van der Waals surface area contributed by atoms with Gasteiger partial charge in [0.15, 0.2) is 0 Å². The molecule has 0 unspecified atom stereocenters. The minimum atomic E-state index is 0.299. The summed E-state index contributed by atoms with van der Waals surface area (Å²) in [6, 6.07) is 39.6. The predicted molar refractivity (Wildman–Crippen MR) is 169 cm³/mol. The van der Waals surface area contributed by atoms with Crippen molar-refractivity contribution in [3.05, 3.63) is 120 Å². The minimum Gasteiger partial charge on any atom is -0.0616 e. The van der Waals surface area contributed by atoms with E-state index in [-0.39, 0.29) is 0 Å². The lowest BCUT2D eigenvalue weighted by atomic mass is 9.84. The Labute approximate surface area is 228 Å². The Hall–Kier alpha value is -3.64. The average Bonchev–Trinajstić information content (AvgIpc) is 2.87. The first-order chi connectivity index (χ1) is 18.1. The maximum atomic E-state index is 2.36. The molecular formula is C38H40. The highest BCUT2D eigenvalue weighted by Gasteiger charge is 2.16. The monoisotopic (exact) mass is 496 g/mol. The molecular weight excluding hydrogens is 456 g/mol. The van der Waals surface area contributed by atoms with E-state index < -0.39 is 0 Å². The van der Waals surface area contributed by atoms with Crippen molar-refractivity contribution in [2.45, 2.75) is 54.4 Å². The molecule has 0 heteroatoms. The first-order valence-electron chi connectivity index (χ1n) is 13.9. The van der Waals surface area contributed by atoms with E-state index in [1.165, 1.54) is 54.2 Å². The highest BCUT2D eigenvalue weighted by molar-refractivity contribution is 6.09. The first kappa shape index (κ1) is 26.0. The van der Waals surface area contributed by atoms with Crippen LogP contribution in [0, 0.1) is 10.8 Å². The highest BCUT2D eigenvalue weighted by Crippen LogP contribution is 2.34. The summed E-state index contributed by atoms with van der Waals surface area (Å²) in [6.07, 6.45) is 2.22. The first-order valence-corrected chi connectivity index (χ1v) is 13.9. The topological polar surface area (TPSA) is 0 Å². The molecule has 0 heterocycles. The maximum Gasteiger partial charge on any atom is -0.0103 e. The van der Waals surface area contributed by atoms with Gasteiger partial charge < -0.3 is 0 Å². The second kappa shape index (κ2) is 10.3. The van der Waals surface area contributed by atoms with Crippen molar-refractivity contribution >= 4 is 43.1 Å². The Morgan fingerprint density at radius 2 is 0.789 bits per heavy atom. The lowest BCUT2D eigenvalue weighted by molar-refractivity contribution is 0.412. The molecule has 6 aromatic rings. The third kappa shape index (κ3) is 5.76. The van der Waals surface area contributed by atoms with Gasteiger partial charge in [-0.3, -0.25) is 0 Å². The lowest BCUT2D eigenvalue weighted by Gasteiger charge is -2.21. The predicted octanol–water partition coefficient (Wildman–Crippen LogP) is 11.2. The van der Waals surface area contributed by atoms with Gasteiger partial charge in [-0.2, -0.15) is 0 Å². The Kier molecular flexibility index (Phi) is 7.01. The molecule has 0 N–H and O–H groups in total. The standard InChI is InChI=1S/2C19H20/c1-19(2,3)13-18-16-10-6-4-8-14(16)12-15-9-5-7-11-17(15)18;1-19(2,3)13-15-12-14-8-4-5-9-16(14)18-11-7-6-10-17(15)18/h2*4-12H,13H2,1-3H3. The van der Waals surface area contributed by atoms with Gasteiger partial charge in [0.2, 0.25) is 0 Å². The van der Waals surface area contributed by atoms with Crippen LogP contribution in [0.4, 0.5) is 0 Å². The summed E-state index contributed by atoms with van der Waals surface area (Å²) in [6.45, 7) is 13.8. The smallest absolute Gasteiger partial charge is 0.0103 e. The molecule has 0 spiro atoms. The molecule has 0 radical (unpaired) electrons. The molecule has 0 fully saturated rings. The Morgan fingerprint density at radius 1 is 0.395 bits per heavy atom. The van der Waals surface area contributed by atoms with E-state index in [4.69, 9.17) is 0 Å². The summed E-state index contributed by atoms with van der Waals surface area (Å²) < 4.78 is 0. The molecule has 0 nitrogen and oxygen atoms in total. The summed E-state index contributed by atoms with van der Waals surface area (Å²) >= 11 is 0. The molecule has 0 saturated carbocycles. The van der Waals surface area contributed by atoms with E-state index in [1.54, 1.807) is 0 Å². The zero-order chi connectivity index (χ0) is 26.9. The molecule has 38 heavy (non-hydrogen) atoms. The van der Waals surface area contributed by atoms with Crippen LogP contribution in [0.5, 0.6) is 0 Å². The summed E-state index contributed by atoms with van der Waals surface area (Å²) in [5, 5.41) is 11.0. The van der Waals surface area contributed by atoms with Gasteiger partial charge in [0.25, 0.3) is 0 Å². The van der Waals surface area contributed by atoms with Crippen LogP contribution in [0.2, 0.25) is 0 Å². The minimum absolute atomic E-state index is 0.299. The average molecular weight is 497 g/mol. The van der Waals surface area contributed by atoms with E-state index in [0.717, 1.165) is 12.8 Å². The maximum absolute atomic E-state index is 2.36. The number of fused-ring (bicyclic) bond motifs is 5. The van der Waals surface area contributed by atoms with Crippen molar-refractivity contribution in [1.29, 1.82) is 0 Å². The van der Waals surface area contributed by atoms with E-state index >= 15 is 0 Å². The zero-order valence-corrected chi connectivity index (χ0v) is 23.8. The lowest BCUT2D eigenvalue weighted by Crippen LogP contribution is -2.10. The zero-order valence-electron chi connectivity index (χ0n) is 23.8. The van der Waals surface area contributed by atoms with Gasteiger partial charge in [-0.1, -0.05) is 145 Å². The van der Waals surface area contributed by atoms with E-state index in [9.17, 15) is 0 Å². The van der Waals surface area contributed by atoms with Gasteiger partial charge in [-0.05, 0) is 84.0 Å². The highest BCUT2D eigenvalue weighted by atomic mass is 14.2. The molecule has 0 aliphatic heterocycles. The van der Waals surface area contributed by atoms with Crippen molar-refractivity contribution in [2.24, 2.45) is 10.8 Å². The van der Waals surface area contributed by atoms with Gasteiger partial charge in [-0.15, -0.1) is 0 Å². The number of hydrogen-bond acceptors (Lipinski definition) is 0. The summed E-state index contributed by atoms with van der Waals surface area (Å²) in [5.74, 6) is 0. The van der Waals surface area contributed by atoms with Gasteiger partial charge in [0.1, 0.15) is 0 Å². The molecule has 0 atom stereocenters. The van der Waals surface area contributed by atoms with Crippen molar-refractivity contribution in [2.75, 3.05) is 0 Å². The fourth-order valence-corrected chi connectivity index (χ4v) is 5.68. The van der Waals surface area contributed by atoms with E-state index in [2.05, 4.69) is 151 Å². The van der Waals surface area contributed by atoms with E-state index in [0.29, 0.717) is 10.8 Å². The fraction of sp³-hybridized carbons (Fsp3) is 0.263. The second-order valence-corrected chi connectivity index (χ2v) is 13.1. The fourth-order valence-electron chi connectivity index (χ4n) is 5.68. The Morgan fingerprint density at radius 3 is 1.29 bits per heavy atom. The molecule has 0 amide bonds. The van der Waals surface area contributed by atoms with Gasteiger partial charge >= 0.3 is 0 Å². The SMILES string of the molecule is CC(C)(C)Cc1c2ccccc2cc2ccccc12.CC(C)(C)Cc1cc2ccccc2c2ccccc12. The van der Waals surface area contributed by atoms with Crippen LogP contribution in [0.3, 0.4) is 0 Å². The molecule has 0 saturated heterocycles.